The minimum atomic E-state index is -0.310. The Morgan fingerprint density at radius 1 is 1.04 bits per heavy atom. The van der Waals surface area contributed by atoms with Gasteiger partial charge in [0.25, 0.3) is 11.8 Å². The summed E-state index contributed by atoms with van der Waals surface area (Å²) in [5.41, 5.74) is 0.630. The van der Waals surface area contributed by atoms with E-state index in [9.17, 15) is 14.4 Å². The Hall–Kier alpha value is -2.44. The Kier molecular flexibility index (Phi) is 4.61. The van der Waals surface area contributed by atoms with E-state index in [1.165, 1.54) is 30.4 Å². The second kappa shape index (κ2) is 7.05. The van der Waals surface area contributed by atoms with E-state index in [0.717, 1.165) is 12.8 Å². The average molecular weight is 356 g/mol. The van der Waals surface area contributed by atoms with E-state index in [1.807, 2.05) is 4.90 Å². The Morgan fingerprint density at radius 3 is 2.46 bits per heavy atom. The molecule has 0 bridgehead atoms. The molecule has 7 heteroatoms. The van der Waals surface area contributed by atoms with Crippen molar-refractivity contribution >= 4 is 17.8 Å². The van der Waals surface area contributed by atoms with E-state index in [0.29, 0.717) is 31.5 Å². The third-order valence-electron chi connectivity index (χ3n) is 5.73. The van der Waals surface area contributed by atoms with Crippen LogP contribution in [0.4, 0.5) is 4.79 Å². The molecule has 1 saturated heterocycles. The Balaban J connectivity index is 1.35. The predicted octanol–water partition coefficient (Wildman–Crippen LogP) is 2.18. The molecule has 1 aromatic heterocycles. The number of nitrogens with zero attached hydrogens (tertiary/aromatic N) is 3. The van der Waals surface area contributed by atoms with E-state index >= 15 is 0 Å². The number of rotatable bonds is 2. The maximum Gasteiger partial charge on any atom is 0.317 e. The number of hydrogen-bond acceptors (Lipinski definition) is 4. The first kappa shape index (κ1) is 17.0. The highest BCUT2D eigenvalue weighted by molar-refractivity contribution is 6.20. The number of nitrogens with one attached hydrogen (secondary N) is 1. The summed E-state index contributed by atoms with van der Waals surface area (Å²) in [6.07, 6.45) is 8.50. The van der Waals surface area contributed by atoms with E-state index in [-0.39, 0.29) is 35.6 Å². The van der Waals surface area contributed by atoms with Crippen LogP contribution in [-0.2, 0) is 0 Å². The monoisotopic (exact) mass is 356 g/mol. The zero-order chi connectivity index (χ0) is 18.1. The molecular formula is C19H24N4O3. The summed E-state index contributed by atoms with van der Waals surface area (Å²) in [6, 6.07) is 3.43. The van der Waals surface area contributed by atoms with Gasteiger partial charge in [0.15, 0.2) is 0 Å². The Morgan fingerprint density at radius 2 is 1.77 bits per heavy atom. The number of aromatic nitrogens is 1. The molecule has 4 amide bonds. The van der Waals surface area contributed by atoms with Crippen molar-refractivity contribution in [2.45, 2.75) is 57.0 Å². The van der Waals surface area contributed by atoms with Crippen molar-refractivity contribution in [1.82, 2.24) is 20.1 Å². The first-order valence-corrected chi connectivity index (χ1v) is 9.53. The molecule has 1 saturated carbocycles. The lowest BCUT2D eigenvalue weighted by Gasteiger charge is -2.36. The SMILES string of the molecule is O=C(NC1CCCCC1)N1CCC(N2C(=O)c3cccnc3C2=O)CC1. The van der Waals surface area contributed by atoms with Gasteiger partial charge >= 0.3 is 6.03 Å². The van der Waals surface area contributed by atoms with Crippen molar-refractivity contribution in [3.8, 4) is 0 Å². The molecule has 1 aliphatic carbocycles. The van der Waals surface area contributed by atoms with Crippen molar-refractivity contribution in [3.05, 3.63) is 29.6 Å². The van der Waals surface area contributed by atoms with E-state index in [1.54, 1.807) is 12.1 Å². The van der Waals surface area contributed by atoms with Gasteiger partial charge in [0.1, 0.15) is 5.69 Å². The van der Waals surface area contributed by atoms with Crippen LogP contribution in [0.5, 0.6) is 0 Å². The van der Waals surface area contributed by atoms with Gasteiger partial charge in [-0.3, -0.25) is 19.5 Å². The lowest BCUT2D eigenvalue weighted by Crippen LogP contribution is -2.52. The summed E-state index contributed by atoms with van der Waals surface area (Å²) in [5.74, 6) is -0.570. The van der Waals surface area contributed by atoms with Crippen molar-refractivity contribution in [1.29, 1.82) is 0 Å². The first-order valence-electron chi connectivity index (χ1n) is 9.53. The van der Waals surface area contributed by atoms with E-state index < -0.39 is 0 Å². The minimum absolute atomic E-state index is 0.0145. The van der Waals surface area contributed by atoms with Crippen LogP contribution < -0.4 is 5.32 Å². The molecule has 26 heavy (non-hydrogen) atoms. The van der Waals surface area contributed by atoms with Crippen LogP contribution in [0.1, 0.15) is 65.8 Å². The number of pyridine rings is 1. The second-order valence-corrected chi connectivity index (χ2v) is 7.38. The number of urea groups is 1. The molecule has 3 heterocycles. The molecule has 0 unspecified atom stereocenters. The van der Waals surface area contributed by atoms with Crippen LogP contribution in [-0.4, -0.2) is 57.8 Å². The van der Waals surface area contributed by atoms with Gasteiger partial charge in [-0.25, -0.2) is 4.79 Å². The lowest BCUT2D eigenvalue weighted by molar-refractivity contribution is 0.0519. The molecule has 1 N–H and O–H groups in total. The summed E-state index contributed by atoms with van der Waals surface area (Å²) >= 11 is 0. The molecular weight excluding hydrogens is 332 g/mol. The fraction of sp³-hybridized carbons (Fsp3) is 0.579. The normalized spacial score (nSPS) is 21.8. The molecule has 0 aromatic carbocycles. The standard InChI is InChI=1S/C19H24N4O3/c24-17-15-7-4-10-20-16(15)18(25)23(17)14-8-11-22(12-9-14)19(26)21-13-5-2-1-3-6-13/h4,7,10,13-14H,1-3,5-6,8-9,11-12H2,(H,21,26). The number of carbonyl (C=O) groups is 3. The zero-order valence-electron chi connectivity index (χ0n) is 14.8. The minimum Gasteiger partial charge on any atom is -0.335 e. The third kappa shape index (κ3) is 3.06. The number of likely N-dealkylation sites (tertiary alicyclic amines) is 1. The lowest BCUT2D eigenvalue weighted by atomic mass is 9.95. The predicted molar refractivity (Wildman–Crippen MR) is 94.7 cm³/mol. The molecule has 0 spiro atoms. The van der Waals surface area contributed by atoms with Crippen LogP contribution in [0.15, 0.2) is 18.3 Å². The van der Waals surface area contributed by atoms with Gasteiger partial charge in [-0.05, 0) is 37.8 Å². The van der Waals surface area contributed by atoms with Gasteiger partial charge in [-0.1, -0.05) is 19.3 Å². The highest BCUT2D eigenvalue weighted by atomic mass is 16.2. The van der Waals surface area contributed by atoms with Crippen LogP contribution in [0, 0.1) is 0 Å². The summed E-state index contributed by atoms with van der Waals surface area (Å²) in [4.78, 5) is 44.8. The first-order chi connectivity index (χ1) is 12.6. The summed E-state index contributed by atoms with van der Waals surface area (Å²) in [7, 11) is 0. The van der Waals surface area contributed by atoms with Gasteiger partial charge in [0, 0.05) is 31.4 Å². The van der Waals surface area contributed by atoms with Crippen LogP contribution in [0.3, 0.4) is 0 Å². The second-order valence-electron chi connectivity index (χ2n) is 7.38. The number of hydrogen-bond donors (Lipinski definition) is 1. The third-order valence-corrected chi connectivity index (χ3v) is 5.73. The fourth-order valence-electron chi connectivity index (χ4n) is 4.26. The molecule has 0 radical (unpaired) electrons. The largest absolute Gasteiger partial charge is 0.335 e. The number of amides is 4. The number of piperidine rings is 1. The quantitative estimate of drug-likeness (QED) is 0.824. The molecule has 2 fully saturated rings. The molecule has 1 aromatic rings. The van der Waals surface area contributed by atoms with Gasteiger partial charge < -0.3 is 10.2 Å². The zero-order valence-corrected chi connectivity index (χ0v) is 14.8. The van der Waals surface area contributed by atoms with E-state index in [4.69, 9.17) is 0 Å². The maximum absolute atomic E-state index is 12.6. The molecule has 138 valence electrons. The highest BCUT2D eigenvalue weighted by Crippen LogP contribution is 2.27. The highest BCUT2D eigenvalue weighted by Gasteiger charge is 2.42. The van der Waals surface area contributed by atoms with Gasteiger partial charge in [0.05, 0.1) is 5.56 Å². The van der Waals surface area contributed by atoms with Crippen molar-refractivity contribution < 1.29 is 14.4 Å². The molecule has 4 rings (SSSR count). The van der Waals surface area contributed by atoms with Crippen molar-refractivity contribution in [2.75, 3.05) is 13.1 Å². The Labute approximate surface area is 152 Å². The molecule has 3 aliphatic rings. The Bertz CT molecular complexity index is 686. The fourth-order valence-corrected chi connectivity index (χ4v) is 4.26. The van der Waals surface area contributed by atoms with Crippen LogP contribution in [0.25, 0.3) is 0 Å². The van der Waals surface area contributed by atoms with E-state index in [2.05, 4.69) is 10.3 Å². The average Bonchev–Trinajstić information content (AvgIpc) is 2.94. The van der Waals surface area contributed by atoms with Gasteiger partial charge in [-0.15, -0.1) is 0 Å². The summed E-state index contributed by atoms with van der Waals surface area (Å²) in [5, 5.41) is 3.13. The van der Waals surface area contributed by atoms with Crippen molar-refractivity contribution in [2.24, 2.45) is 0 Å². The van der Waals surface area contributed by atoms with Gasteiger partial charge in [0.2, 0.25) is 0 Å². The topological polar surface area (TPSA) is 82.6 Å². The number of fused-ring (bicyclic) bond motifs is 1. The summed E-state index contributed by atoms with van der Waals surface area (Å²) in [6.45, 7) is 1.12. The van der Waals surface area contributed by atoms with Crippen LogP contribution >= 0.6 is 0 Å². The summed E-state index contributed by atoms with van der Waals surface area (Å²) < 4.78 is 0. The molecule has 7 nitrogen and oxygen atoms in total. The number of imide groups is 1. The van der Waals surface area contributed by atoms with Gasteiger partial charge in [-0.2, -0.15) is 0 Å². The van der Waals surface area contributed by atoms with Crippen molar-refractivity contribution in [3.63, 3.8) is 0 Å². The molecule has 0 atom stereocenters. The smallest absolute Gasteiger partial charge is 0.317 e. The molecule has 2 aliphatic heterocycles. The van der Waals surface area contributed by atoms with Crippen LogP contribution in [0.2, 0.25) is 0 Å². The maximum atomic E-state index is 12.6. The number of carbonyl (C=O) groups excluding carboxylic acids is 3.